The van der Waals surface area contributed by atoms with Gasteiger partial charge in [-0.2, -0.15) is 8.42 Å². The minimum atomic E-state index is -4.85. The summed E-state index contributed by atoms with van der Waals surface area (Å²) in [5.41, 5.74) is 0.293. The monoisotopic (exact) mass is 283 g/mol. The zero-order chi connectivity index (χ0) is 12.1. The van der Waals surface area contributed by atoms with Gasteiger partial charge in [-0.25, -0.2) is 0 Å². The van der Waals surface area contributed by atoms with Crippen molar-refractivity contribution >= 4 is 45.0 Å². The third-order valence-electron chi connectivity index (χ3n) is 2.14. The van der Waals surface area contributed by atoms with Crippen LogP contribution in [0.4, 0.5) is 9.57 Å². The molecule has 1 aliphatic heterocycles. The van der Waals surface area contributed by atoms with Crippen LogP contribution >= 0.6 is 23.2 Å². The maximum absolute atomic E-state index is 12.7. The summed E-state index contributed by atoms with van der Waals surface area (Å²) in [5.74, 6) is -0.695. The highest BCUT2D eigenvalue weighted by molar-refractivity contribution is 7.86. The fraction of sp³-hybridized carbons (Fsp3) is 0.125. The molecule has 1 aromatic rings. The van der Waals surface area contributed by atoms with E-state index in [2.05, 4.69) is 5.32 Å². The Kier molecular flexibility index (Phi) is 2.41. The van der Waals surface area contributed by atoms with Gasteiger partial charge in [0, 0.05) is 11.3 Å². The van der Waals surface area contributed by atoms with E-state index < -0.39 is 25.4 Å². The van der Waals surface area contributed by atoms with Gasteiger partial charge in [-0.05, 0) is 18.2 Å². The first-order chi connectivity index (χ1) is 7.23. The SMILES string of the molecule is O=C1Nc2ccc(S(=O)(=O)F)cc2C1(Cl)Cl. The van der Waals surface area contributed by atoms with E-state index in [0.717, 1.165) is 12.1 Å². The van der Waals surface area contributed by atoms with Crippen LogP contribution in [-0.2, 0) is 19.4 Å². The molecule has 4 nitrogen and oxygen atoms in total. The fourth-order valence-corrected chi connectivity index (χ4v) is 2.26. The van der Waals surface area contributed by atoms with Crippen LogP contribution in [0.15, 0.2) is 23.1 Å². The third kappa shape index (κ3) is 1.66. The Morgan fingerprint density at radius 1 is 1.31 bits per heavy atom. The van der Waals surface area contributed by atoms with Crippen LogP contribution in [0.25, 0.3) is 0 Å². The highest BCUT2D eigenvalue weighted by atomic mass is 35.5. The van der Waals surface area contributed by atoms with Crippen LogP contribution in [-0.4, -0.2) is 14.3 Å². The molecule has 0 radical (unpaired) electrons. The number of amides is 1. The van der Waals surface area contributed by atoms with Crippen molar-refractivity contribution in [3.8, 4) is 0 Å². The van der Waals surface area contributed by atoms with Crippen LogP contribution in [0.5, 0.6) is 0 Å². The molecule has 86 valence electrons. The minimum absolute atomic E-state index is 0.0274. The predicted octanol–water partition coefficient (Wildman–Crippen LogP) is 1.93. The fourth-order valence-electron chi connectivity index (χ4n) is 1.37. The van der Waals surface area contributed by atoms with E-state index in [1.54, 1.807) is 0 Å². The summed E-state index contributed by atoms with van der Waals surface area (Å²) in [5, 5.41) is 2.35. The summed E-state index contributed by atoms with van der Waals surface area (Å²) < 4.78 is 32.2. The Morgan fingerprint density at radius 3 is 2.50 bits per heavy atom. The van der Waals surface area contributed by atoms with Crippen LogP contribution in [0.1, 0.15) is 5.56 Å². The molecule has 1 N–H and O–H groups in total. The van der Waals surface area contributed by atoms with Crippen LogP contribution < -0.4 is 5.32 Å². The number of hydrogen-bond acceptors (Lipinski definition) is 3. The quantitative estimate of drug-likeness (QED) is 0.633. The van der Waals surface area contributed by atoms with Gasteiger partial charge in [0.05, 0.1) is 4.90 Å². The zero-order valence-electron chi connectivity index (χ0n) is 7.50. The molecule has 0 aromatic heterocycles. The lowest BCUT2D eigenvalue weighted by atomic mass is 10.1. The van der Waals surface area contributed by atoms with Gasteiger partial charge in [0.25, 0.3) is 5.91 Å². The molecule has 0 aliphatic carbocycles. The lowest BCUT2D eigenvalue weighted by Crippen LogP contribution is -2.21. The topological polar surface area (TPSA) is 63.2 Å². The molecule has 0 saturated heterocycles. The third-order valence-corrected chi connectivity index (χ3v) is 3.71. The number of hydrogen-bond donors (Lipinski definition) is 1. The smallest absolute Gasteiger partial charge is 0.323 e. The Labute approximate surface area is 101 Å². The number of rotatable bonds is 1. The molecule has 1 aliphatic rings. The number of halogens is 3. The van der Waals surface area contributed by atoms with Gasteiger partial charge >= 0.3 is 10.2 Å². The number of anilines is 1. The normalized spacial score (nSPS) is 18.1. The second-order valence-corrected chi connectivity index (χ2v) is 5.85. The largest absolute Gasteiger partial charge is 0.332 e. The average molecular weight is 284 g/mol. The second-order valence-electron chi connectivity index (χ2n) is 3.17. The maximum atomic E-state index is 12.7. The molecule has 0 spiro atoms. The van der Waals surface area contributed by atoms with E-state index in [4.69, 9.17) is 23.2 Å². The van der Waals surface area contributed by atoms with E-state index in [0.29, 0.717) is 0 Å². The zero-order valence-corrected chi connectivity index (χ0v) is 9.83. The molecule has 0 saturated carbocycles. The summed E-state index contributed by atoms with van der Waals surface area (Å²) in [6.07, 6.45) is 0. The Balaban J connectivity index is 2.66. The van der Waals surface area contributed by atoms with Crippen molar-refractivity contribution in [3.63, 3.8) is 0 Å². The summed E-state index contributed by atoms with van der Waals surface area (Å²) in [7, 11) is -4.85. The predicted molar refractivity (Wildman–Crippen MR) is 56.7 cm³/mol. The summed E-state index contributed by atoms with van der Waals surface area (Å²) >= 11 is 11.4. The summed E-state index contributed by atoms with van der Waals surface area (Å²) in [6, 6.07) is 3.18. The van der Waals surface area contributed by atoms with Gasteiger partial charge in [0.1, 0.15) is 0 Å². The molecule has 0 fully saturated rings. The first-order valence-corrected chi connectivity index (χ1v) is 6.15. The molecule has 1 amide bonds. The second kappa shape index (κ2) is 3.32. The molecule has 2 rings (SSSR count). The van der Waals surface area contributed by atoms with Gasteiger partial charge in [-0.1, -0.05) is 23.2 Å². The number of carbonyl (C=O) groups excluding carboxylic acids is 1. The van der Waals surface area contributed by atoms with Gasteiger partial charge in [-0.15, -0.1) is 3.89 Å². The molecule has 1 aromatic carbocycles. The molecule has 0 bridgehead atoms. The number of nitrogens with one attached hydrogen (secondary N) is 1. The first kappa shape index (κ1) is 11.6. The summed E-state index contributed by atoms with van der Waals surface area (Å²) in [6.45, 7) is 0. The van der Waals surface area contributed by atoms with Crippen molar-refractivity contribution in [1.82, 2.24) is 0 Å². The Bertz CT molecular complexity index is 585. The highest BCUT2D eigenvalue weighted by Crippen LogP contribution is 2.45. The molecule has 8 heteroatoms. The molecule has 1 heterocycles. The van der Waals surface area contributed by atoms with Gasteiger partial charge in [-0.3, -0.25) is 4.79 Å². The lowest BCUT2D eigenvalue weighted by molar-refractivity contribution is -0.116. The van der Waals surface area contributed by atoms with Crippen LogP contribution in [0, 0.1) is 0 Å². The summed E-state index contributed by atoms with van der Waals surface area (Å²) in [4.78, 5) is 10.7. The van der Waals surface area contributed by atoms with Crippen molar-refractivity contribution in [2.45, 2.75) is 9.23 Å². The molecule has 0 atom stereocenters. The van der Waals surface area contributed by atoms with Crippen LogP contribution in [0.3, 0.4) is 0 Å². The lowest BCUT2D eigenvalue weighted by Gasteiger charge is -2.09. The van der Waals surface area contributed by atoms with Crippen molar-refractivity contribution in [2.75, 3.05) is 5.32 Å². The van der Waals surface area contributed by atoms with Crippen molar-refractivity contribution in [1.29, 1.82) is 0 Å². The maximum Gasteiger partial charge on any atom is 0.332 e. The van der Waals surface area contributed by atoms with Crippen molar-refractivity contribution in [2.24, 2.45) is 0 Å². The molecule has 0 unspecified atom stereocenters. The average Bonchev–Trinajstić information content (AvgIpc) is 2.37. The van der Waals surface area contributed by atoms with Gasteiger partial charge in [0.2, 0.25) is 4.33 Å². The van der Waals surface area contributed by atoms with E-state index in [9.17, 15) is 17.1 Å². The van der Waals surface area contributed by atoms with Crippen molar-refractivity contribution in [3.05, 3.63) is 23.8 Å². The molecular weight excluding hydrogens is 280 g/mol. The number of alkyl halides is 2. The number of benzene rings is 1. The first-order valence-electron chi connectivity index (χ1n) is 4.01. The Morgan fingerprint density at radius 2 is 1.94 bits per heavy atom. The highest BCUT2D eigenvalue weighted by Gasteiger charge is 2.44. The van der Waals surface area contributed by atoms with E-state index in [-0.39, 0.29) is 11.3 Å². The minimum Gasteiger partial charge on any atom is -0.323 e. The van der Waals surface area contributed by atoms with Crippen LogP contribution in [0.2, 0.25) is 0 Å². The standard InChI is InChI=1S/C8H4Cl2FNO3S/c9-8(10)5-3-4(16(11,14)15)1-2-6(5)12-7(8)13/h1-3H,(H,12,13). The Hall–Kier alpha value is -0.850. The number of fused-ring (bicyclic) bond motifs is 1. The van der Waals surface area contributed by atoms with E-state index in [1.165, 1.54) is 6.07 Å². The van der Waals surface area contributed by atoms with Gasteiger partial charge in [0.15, 0.2) is 0 Å². The number of carbonyl (C=O) groups is 1. The molecule has 16 heavy (non-hydrogen) atoms. The molecular formula is C8H4Cl2FNO3S. The van der Waals surface area contributed by atoms with Gasteiger partial charge < -0.3 is 5.32 Å². The van der Waals surface area contributed by atoms with E-state index >= 15 is 0 Å². The van der Waals surface area contributed by atoms with E-state index in [1.807, 2.05) is 0 Å². The van der Waals surface area contributed by atoms with Crippen molar-refractivity contribution < 1.29 is 17.1 Å².